The molecule has 3 aromatic rings. The SMILES string of the molecule is COc1ccc(NC(=O)CCc2ccccc2)cc1CN1C(=O)c2ccccc2C1=O. The van der Waals surface area contributed by atoms with Crippen molar-refractivity contribution < 1.29 is 19.1 Å². The molecule has 0 saturated carbocycles. The van der Waals surface area contributed by atoms with Crippen molar-refractivity contribution in [2.24, 2.45) is 0 Å². The predicted molar refractivity (Wildman–Crippen MR) is 117 cm³/mol. The van der Waals surface area contributed by atoms with Crippen LogP contribution in [0.3, 0.4) is 0 Å². The number of aryl methyl sites for hydroxylation is 1. The maximum atomic E-state index is 12.7. The molecule has 4 rings (SSSR count). The summed E-state index contributed by atoms with van der Waals surface area (Å²) in [5, 5.41) is 2.89. The Morgan fingerprint density at radius 2 is 1.55 bits per heavy atom. The molecule has 6 heteroatoms. The zero-order chi connectivity index (χ0) is 21.8. The summed E-state index contributed by atoms with van der Waals surface area (Å²) < 4.78 is 5.41. The molecule has 0 aromatic heterocycles. The maximum absolute atomic E-state index is 12.7. The number of carbonyl (C=O) groups is 3. The molecular weight excluding hydrogens is 392 g/mol. The Morgan fingerprint density at radius 3 is 2.19 bits per heavy atom. The normalized spacial score (nSPS) is 12.6. The molecule has 3 amide bonds. The van der Waals surface area contributed by atoms with Crippen molar-refractivity contribution in [1.82, 2.24) is 4.90 Å². The van der Waals surface area contributed by atoms with Gasteiger partial charge in [-0.15, -0.1) is 0 Å². The molecule has 1 heterocycles. The molecule has 1 aliphatic rings. The van der Waals surface area contributed by atoms with Gasteiger partial charge in [0.2, 0.25) is 5.91 Å². The third-order valence-corrected chi connectivity index (χ3v) is 5.25. The lowest BCUT2D eigenvalue weighted by atomic mass is 10.1. The molecule has 1 aliphatic heterocycles. The minimum atomic E-state index is -0.333. The van der Waals surface area contributed by atoms with Gasteiger partial charge in [0.15, 0.2) is 0 Å². The van der Waals surface area contributed by atoms with Gasteiger partial charge in [-0.25, -0.2) is 0 Å². The Bertz CT molecular complexity index is 1110. The van der Waals surface area contributed by atoms with Crippen LogP contribution in [0, 0.1) is 0 Å². The number of hydrogen-bond acceptors (Lipinski definition) is 4. The second-order valence-electron chi connectivity index (χ2n) is 7.30. The molecule has 0 aliphatic carbocycles. The van der Waals surface area contributed by atoms with Crippen LogP contribution in [0.25, 0.3) is 0 Å². The highest BCUT2D eigenvalue weighted by atomic mass is 16.5. The Labute approximate surface area is 180 Å². The summed E-state index contributed by atoms with van der Waals surface area (Å²) in [6.07, 6.45) is 0.995. The summed E-state index contributed by atoms with van der Waals surface area (Å²) in [7, 11) is 1.53. The molecule has 0 unspecified atom stereocenters. The first kappa shape index (κ1) is 20.3. The zero-order valence-electron chi connectivity index (χ0n) is 17.1. The topological polar surface area (TPSA) is 75.7 Å². The van der Waals surface area contributed by atoms with E-state index < -0.39 is 0 Å². The van der Waals surface area contributed by atoms with Crippen LogP contribution in [-0.2, 0) is 17.8 Å². The van der Waals surface area contributed by atoms with E-state index in [0.717, 1.165) is 5.56 Å². The number of fused-ring (bicyclic) bond motifs is 1. The number of amides is 3. The summed E-state index contributed by atoms with van der Waals surface area (Å²) in [6.45, 7) is 0.0588. The lowest BCUT2D eigenvalue weighted by Gasteiger charge is -2.17. The van der Waals surface area contributed by atoms with Gasteiger partial charge >= 0.3 is 0 Å². The average Bonchev–Trinajstić information content (AvgIpc) is 3.04. The number of rotatable bonds is 7. The Kier molecular flexibility index (Phi) is 5.80. The summed E-state index contributed by atoms with van der Waals surface area (Å²) >= 11 is 0. The van der Waals surface area contributed by atoms with Gasteiger partial charge in [-0.1, -0.05) is 42.5 Å². The molecule has 0 bridgehead atoms. The van der Waals surface area contributed by atoms with Gasteiger partial charge in [-0.2, -0.15) is 0 Å². The smallest absolute Gasteiger partial charge is 0.261 e. The van der Waals surface area contributed by atoms with Crippen LogP contribution in [0.4, 0.5) is 5.69 Å². The van der Waals surface area contributed by atoms with E-state index in [1.807, 2.05) is 30.3 Å². The monoisotopic (exact) mass is 414 g/mol. The minimum absolute atomic E-state index is 0.0588. The first-order valence-electron chi connectivity index (χ1n) is 10.0. The van der Waals surface area contributed by atoms with Gasteiger partial charge in [0.05, 0.1) is 24.8 Å². The molecule has 1 N–H and O–H groups in total. The number of anilines is 1. The summed E-state index contributed by atoms with van der Waals surface area (Å²) in [5.74, 6) is -0.237. The van der Waals surface area contributed by atoms with E-state index in [1.165, 1.54) is 12.0 Å². The van der Waals surface area contributed by atoms with Gasteiger partial charge in [0.1, 0.15) is 5.75 Å². The van der Waals surface area contributed by atoms with Gasteiger partial charge in [-0.3, -0.25) is 19.3 Å². The van der Waals surface area contributed by atoms with E-state index in [9.17, 15) is 14.4 Å². The predicted octanol–water partition coefficient (Wildman–Crippen LogP) is 4.06. The van der Waals surface area contributed by atoms with Crippen molar-refractivity contribution in [1.29, 1.82) is 0 Å². The van der Waals surface area contributed by atoms with E-state index in [0.29, 0.717) is 41.0 Å². The Hall–Kier alpha value is -3.93. The van der Waals surface area contributed by atoms with Crippen LogP contribution in [0.2, 0.25) is 0 Å². The minimum Gasteiger partial charge on any atom is -0.496 e. The number of ether oxygens (including phenoxy) is 1. The van der Waals surface area contributed by atoms with Gasteiger partial charge in [-0.05, 0) is 42.3 Å². The van der Waals surface area contributed by atoms with Crippen molar-refractivity contribution in [2.45, 2.75) is 19.4 Å². The molecule has 3 aromatic carbocycles. The molecule has 0 fully saturated rings. The Morgan fingerprint density at radius 1 is 0.903 bits per heavy atom. The summed E-state index contributed by atoms with van der Waals surface area (Å²) in [6, 6.07) is 21.8. The average molecular weight is 414 g/mol. The largest absolute Gasteiger partial charge is 0.496 e. The number of carbonyl (C=O) groups excluding carboxylic acids is 3. The maximum Gasteiger partial charge on any atom is 0.261 e. The second kappa shape index (κ2) is 8.83. The van der Waals surface area contributed by atoms with Crippen LogP contribution >= 0.6 is 0 Å². The fourth-order valence-corrected chi connectivity index (χ4v) is 3.66. The van der Waals surface area contributed by atoms with Gasteiger partial charge in [0.25, 0.3) is 11.8 Å². The van der Waals surface area contributed by atoms with Crippen LogP contribution in [0.1, 0.15) is 38.3 Å². The molecule has 6 nitrogen and oxygen atoms in total. The number of benzene rings is 3. The van der Waals surface area contributed by atoms with Crippen LogP contribution in [-0.4, -0.2) is 29.7 Å². The van der Waals surface area contributed by atoms with Crippen LogP contribution in [0.15, 0.2) is 72.8 Å². The summed E-state index contributed by atoms with van der Waals surface area (Å²) in [4.78, 5) is 39.0. The van der Waals surface area contributed by atoms with E-state index in [-0.39, 0.29) is 24.3 Å². The third kappa shape index (κ3) is 4.33. The Balaban J connectivity index is 1.47. The van der Waals surface area contributed by atoms with Gasteiger partial charge < -0.3 is 10.1 Å². The molecule has 31 heavy (non-hydrogen) atoms. The highest BCUT2D eigenvalue weighted by Gasteiger charge is 2.35. The first-order valence-corrected chi connectivity index (χ1v) is 10.0. The number of methoxy groups -OCH3 is 1. The molecule has 156 valence electrons. The molecular formula is C25H22N2O4. The van der Waals surface area contributed by atoms with Crippen LogP contribution < -0.4 is 10.1 Å². The second-order valence-corrected chi connectivity index (χ2v) is 7.30. The van der Waals surface area contributed by atoms with Crippen molar-refractivity contribution in [3.63, 3.8) is 0 Å². The number of nitrogens with zero attached hydrogens (tertiary/aromatic N) is 1. The third-order valence-electron chi connectivity index (χ3n) is 5.25. The zero-order valence-corrected chi connectivity index (χ0v) is 17.1. The highest BCUT2D eigenvalue weighted by molar-refractivity contribution is 6.21. The van der Waals surface area contributed by atoms with Crippen molar-refractivity contribution in [2.75, 3.05) is 12.4 Å². The molecule has 0 saturated heterocycles. The number of imide groups is 1. The lowest BCUT2D eigenvalue weighted by molar-refractivity contribution is -0.116. The van der Waals surface area contributed by atoms with Crippen LogP contribution in [0.5, 0.6) is 5.75 Å². The molecule has 0 spiro atoms. The van der Waals surface area contributed by atoms with Gasteiger partial charge in [0, 0.05) is 17.7 Å². The number of nitrogens with one attached hydrogen (secondary N) is 1. The first-order chi connectivity index (χ1) is 15.1. The number of hydrogen-bond donors (Lipinski definition) is 1. The van der Waals surface area contributed by atoms with E-state index >= 15 is 0 Å². The molecule has 0 atom stereocenters. The molecule has 0 radical (unpaired) electrons. The van der Waals surface area contributed by atoms with Crippen molar-refractivity contribution in [3.05, 3.63) is 95.1 Å². The van der Waals surface area contributed by atoms with E-state index in [1.54, 1.807) is 42.5 Å². The fourth-order valence-electron chi connectivity index (χ4n) is 3.66. The van der Waals surface area contributed by atoms with Crippen molar-refractivity contribution >= 4 is 23.4 Å². The quantitative estimate of drug-likeness (QED) is 0.592. The lowest BCUT2D eigenvalue weighted by Crippen LogP contribution is -2.29. The highest BCUT2D eigenvalue weighted by Crippen LogP contribution is 2.29. The van der Waals surface area contributed by atoms with E-state index in [4.69, 9.17) is 4.74 Å². The fraction of sp³-hybridized carbons (Fsp3) is 0.160. The summed E-state index contributed by atoms with van der Waals surface area (Å²) in [5.41, 5.74) is 3.12. The standard InChI is InChI=1S/C25H22N2O4/c1-31-22-13-12-19(26-23(28)14-11-17-7-3-2-4-8-17)15-18(22)16-27-24(29)20-9-5-6-10-21(20)25(27)30/h2-10,12-13,15H,11,14,16H2,1H3,(H,26,28). The van der Waals surface area contributed by atoms with Crippen molar-refractivity contribution in [3.8, 4) is 5.75 Å². The van der Waals surface area contributed by atoms with E-state index in [2.05, 4.69) is 5.32 Å².